The number of nitrogens with zero attached hydrogens (tertiary/aromatic N) is 3. The van der Waals surface area contributed by atoms with Crippen LogP contribution in [-0.4, -0.2) is 28.9 Å². The van der Waals surface area contributed by atoms with E-state index < -0.39 is 18.7 Å². The second-order valence-electron chi connectivity index (χ2n) is 6.23. The SMILES string of the molecule is N#Cc1ccc(CSc2nnc(NC(=O)c3ccc(COCC(F)(F)F)cc3)s2)cc1. The fourth-order valence-corrected chi connectivity index (χ4v) is 4.05. The summed E-state index contributed by atoms with van der Waals surface area (Å²) in [4.78, 5) is 12.3. The molecule has 0 aliphatic carbocycles. The minimum absolute atomic E-state index is 0.197. The quantitative estimate of drug-likeness (QED) is 0.372. The zero-order chi connectivity index (χ0) is 22.3. The summed E-state index contributed by atoms with van der Waals surface area (Å²) in [7, 11) is 0. The average Bonchev–Trinajstić information content (AvgIpc) is 3.19. The van der Waals surface area contributed by atoms with Gasteiger partial charge in [-0.15, -0.1) is 10.2 Å². The number of amides is 1. The molecule has 1 aromatic heterocycles. The van der Waals surface area contributed by atoms with Crippen LogP contribution in [-0.2, 0) is 17.1 Å². The number of rotatable bonds is 8. The molecule has 6 nitrogen and oxygen atoms in total. The van der Waals surface area contributed by atoms with Crippen LogP contribution in [0.3, 0.4) is 0 Å². The minimum atomic E-state index is -4.37. The number of halogens is 3. The highest BCUT2D eigenvalue weighted by atomic mass is 32.2. The fourth-order valence-electron chi connectivity index (χ4n) is 2.35. The summed E-state index contributed by atoms with van der Waals surface area (Å²) in [5.41, 5.74) is 2.49. The lowest BCUT2D eigenvalue weighted by Gasteiger charge is -2.08. The van der Waals surface area contributed by atoms with E-state index in [9.17, 15) is 18.0 Å². The Hall–Kier alpha value is -2.94. The second-order valence-corrected chi connectivity index (χ2v) is 8.43. The molecule has 1 N–H and O–H groups in total. The van der Waals surface area contributed by atoms with Crippen molar-refractivity contribution in [2.45, 2.75) is 22.9 Å². The number of hydrogen-bond donors (Lipinski definition) is 1. The zero-order valence-electron chi connectivity index (χ0n) is 15.8. The van der Waals surface area contributed by atoms with Gasteiger partial charge in [0.25, 0.3) is 5.91 Å². The third kappa shape index (κ3) is 7.36. The van der Waals surface area contributed by atoms with Crippen LogP contribution in [0.1, 0.15) is 27.0 Å². The van der Waals surface area contributed by atoms with Crippen molar-refractivity contribution < 1.29 is 22.7 Å². The van der Waals surface area contributed by atoms with E-state index in [1.54, 1.807) is 12.1 Å². The maximum Gasteiger partial charge on any atom is 0.411 e. The molecule has 1 heterocycles. The third-order valence-corrected chi connectivity index (χ3v) is 5.87. The first-order valence-corrected chi connectivity index (χ1v) is 10.6. The van der Waals surface area contributed by atoms with E-state index in [4.69, 9.17) is 5.26 Å². The minimum Gasteiger partial charge on any atom is -0.367 e. The van der Waals surface area contributed by atoms with Crippen molar-refractivity contribution in [1.29, 1.82) is 5.26 Å². The molecular weight excluding hydrogens is 449 g/mol. The molecule has 0 bridgehead atoms. The van der Waals surface area contributed by atoms with Gasteiger partial charge >= 0.3 is 6.18 Å². The van der Waals surface area contributed by atoms with Crippen molar-refractivity contribution in [2.24, 2.45) is 0 Å². The molecular formula is C20H15F3N4O2S2. The van der Waals surface area contributed by atoms with Crippen LogP contribution in [0, 0.1) is 11.3 Å². The van der Waals surface area contributed by atoms with E-state index in [1.165, 1.54) is 47.4 Å². The summed E-state index contributed by atoms with van der Waals surface area (Å²) in [6.07, 6.45) is -4.37. The number of thioether (sulfide) groups is 1. The fraction of sp³-hybridized carbons (Fsp3) is 0.200. The van der Waals surface area contributed by atoms with Crippen LogP contribution in [0.2, 0.25) is 0 Å². The summed E-state index contributed by atoms with van der Waals surface area (Å²) in [6.45, 7) is -1.52. The number of hydrogen-bond acceptors (Lipinski definition) is 7. The van der Waals surface area contributed by atoms with Crippen molar-refractivity contribution in [1.82, 2.24) is 10.2 Å². The van der Waals surface area contributed by atoms with Crippen LogP contribution >= 0.6 is 23.1 Å². The summed E-state index contributed by atoms with van der Waals surface area (Å²) >= 11 is 2.69. The highest BCUT2D eigenvalue weighted by Crippen LogP contribution is 2.28. The zero-order valence-corrected chi connectivity index (χ0v) is 17.5. The Labute approximate surface area is 184 Å². The Morgan fingerprint density at radius 1 is 1.10 bits per heavy atom. The van der Waals surface area contributed by atoms with Crippen LogP contribution in [0.5, 0.6) is 0 Å². The van der Waals surface area contributed by atoms with Crippen LogP contribution in [0.15, 0.2) is 52.9 Å². The number of alkyl halides is 3. The summed E-state index contributed by atoms with van der Waals surface area (Å²) < 4.78 is 41.6. The molecule has 0 unspecified atom stereocenters. The van der Waals surface area contributed by atoms with Gasteiger partial charge in [0.1, 0.15) is 6.61 Å². The molecule has 31 heavy (non-hydrogen) atoms. The Morgan fingerprint density at radius 3 is 2.42 bits per heavy atom. The molecule has 2 aromatic carbocycles. The molecule has 0 saturated carbocycles. The largest absolute Gasteiger partial charge is 0.411 e. The second kappa shape index (κ2) is 10.4. The predicted molar refractivity (Wildman–Crippen MR) is 111 cm³/mol. The van der Waals surface area contributed by atoms with Crippen LogP contribution in [0.25, 0.3) is 0 Å². The van der Waals surface area contributed by atoms with Gasteiger partial charge in [-0.2, -0.15) is 18.4 Å². The number of nitriles is 1. The molecule has 0 saturated heterocycles. The Morgan fingerprint density at radius 2 is 1.77 bits per heavy atom. The molecule has 0 atom stereocenters. The number of anilines is 1. The highest BCUT2D eigenvalue weighted by Gasteiger charge is 2.27. The maximum atomic E-state index is 12.3. The number of nitrogens with one attached hydrogen (secondary N) is 1. The lowest BCUT2D eigenvalue weighted by atomic mass is 10.1. The Kier molecular flexibility index (Phi) is 7.62. The number of benzene rings is 2. The van der Waals surface area contributed by atoms with Gasteiger partial charge in [-0.25, -0.2) is 0 Å². The number of ether oxygens (including phenoxy) is 1. The van der Waals surface area contributed by atoms with E-state index in [0.29, 0.717) is 31.9 Å². The van der Waals surface area contributed by atoms with Gasteiger partial charge in [-0.05, 0) is 35.4 Å². The van der Waals surface area contributed by atoms with Crippen molar-refractivity contribution in [3.63, 3.8) is 0 Å². The molecule has 11 heteroatoms. The number of carbonyl (C=O) groups is 1. The van der Waals surface area contributed by atoms with E-state index in [1.807, 2.05) is 12.1 Å². The summed E-state index contributed by atoms with van der Waals surface area (Å²) in [5, 5.41) is 19.8. The highest BCUT2D eigenvalue weighted by molar-refractivity contribution is 8.00. The third-order valence-electron chi connectivity index (χ3n) is 3.82. The van der Waals surface area contributed by atoms with E-state index in [0.717, 1.165) is 5.56 Å². The van der Waals surface area contributed by atoms with Gasteiger partial charge in [0.15, 0.2) is 4.34 Å². The topological polar surface area (TPSA) is 87.9 Å². The average molecular weight is 464 g/mol. The molecule has 0 radical (unpaired) electrons. The number of carbonyl (C=O) groups excluding carboxylic acids is 1. The van der Waals surface area contributed by atoms with E-state index in [2.05, 4.69) is 26.3 Å². The molecule has 160 valence electrons. The number of aromatic nitrogens is 2. The summed E-state index contributed by atoms with van der Waals surface area (Å²) in [5.74, 6) is 0.245. The predicted octanol–water partition coefficient (Wildman–Crippen LogP) is 5.03. The molecule has 3 aromatic rings. The first kappa shape index (κ1) is 22.7. The van der Waals surface area contributed by atoms with Crippen molar-refractivity contribution in [2.75, 3.05) is 11.9 Å². The summed E-state index contributed by atoms with van der Waals surface area (Å²) in [6, 6.07) is 15.4. The molecule has 0 aliphatic heterocycles. The standard InChI is InChI=1S/C20H15F3N4O2S2/c21-20(22,23)12-29-10-14-5-7-16(8-6-14)17(28)25-18-26-27-19(31-18)30-11-15-3-1-13(9-24)2-4-15/h1-8H,10-12H2,(H,25,26,28). The molecule has 3 rings (SSSR count). The van der Waals surface area contributed by atoms with Crippen molar-refractivity contribution in [3.05, 3.63) is 70.8 Å². The van der Waals surface area contributed by atoms with Crippen LogP contribution in [0.4, 0.5) is 18.3 Å². The Balaban J connectivity index is 1.49. The lowest BCUT2D eigenvalue weighted by Crippen LogP contribution is -2.16. The van der Waals surface area contributed by atoms with Gasteiger partial charge in [0.2, 0.25) is 5.13 Å². The van der Waals surface area contributed by atoms with Crippen molar-refractivity contribution >= 4 is 34.1 Å². The van der Waals surface area contributed by atoms with E-state index in [-0.39, 0.29) is 6.61 Å². The smallest absolute Gasteiger partial charge is 0.367 e. The van der Waals surface area contributed by atoms with E-state index >= 15 is 0 Å². The van der Waals surface area contributed by atoms with Gasteiger partial charge in [-0.3, -0.25) is 10.1 Å². The van der Waals surface area contributed by atoms with Gasteiger partial charge in [0.05, 0.1) is 18.2 Å². The Bertz CT molecular complexity index is 1060. The first-order valence-electron chi connectivity index (χ1n) is 8.82. The maximum absolute atomic E-state index is 12.3. The molecule has 0 spiro atoms. The monoisotopic (exact) mass is 464 g/mol. The molecule has 0 fully saturated rings. The molecule has 0 aliphatic rings. The van der Waals surface area contributed by atoms with Gasteiger partial charge in [0, 0.05) is 11.3 Å². The van der Waals surface area contributed by atoms with Crippen LogP contribution < -0.4 is 5.32 Å². The van der Waals surface area contributed by atoms with Gasteiger partial charge in [-0.1, -0.05) is 47.4 Å². The normalized spacial score (nSPS) is 11.2. The van der Waals surface area contributed by atoms with Gasteiger partial charge < -0.3 is 4.74 Å². The lowest BCUT2D eigenvalue weighted by molar-refractivity contribution is -0.176. The molecule has 1 amide bonds. The first-order chi connectivity index (χ1) is 14.8. The van der Waals surface area contributed by atoms with Crippen molar-refractivity contribution in [3.8, 4) is 6.07 Å².